The van der Waals surface area contributed by atoms with Gasteiger partial charge in [-0.15, -0.1) is 0 Å². The molecule has 1 aromatic carbocycles. The van der Waals surface area contributed by atoms with Crippen LogP contribution in [0.4, 0.5) is 5.69 Å². The molecule has 22 nitrogen and oxygen atoms in total. The largest absolute Gasteiger partial charge is 0.463 e. The maximum Gasteiger partial charge on any atom is 0.269 e. The molecule has 3 aliphatic heterocycles. The highest BCUT2D eigenvalue weighted by Gasteiger charge is 2.53. The Bertz CT molecular complexity index is 1390. The van der Waals surface area contributed by atoms with Gasteiger partial charge in [0.1, 0.15) is 78.8 Å². The molecule has 0 bridgehead atoms. The highest BCUT2D eigenvalue weighted by Crippen LogP contribution is 2.32. The van der Waals surface area contributed by atoms with Crippen LogP contribution in [0.25, 0.3) is 0 Å². The predicted octanol–water partition coefficient (Wildman–Crippen LogP) is -5.15. The number of aliphatic hydroxyl groups is 7. The van der Waals surface area contributed by atoms with Crippen molar-refractivity contribution in [1.29, 1.82) is 0 Å². The molecule has 15 unspecified atom stereocenters. The van der Waals surface area contributed by atoms with Crippen LogP contribution >= 0.6 is 0 Å². The van der Waals surface area contributed by atoms with Gasteiger partial charge in [-0.3, -0.25) is 24.5 Å². The second kappa shape index (κ2) is 17.9. The number of carbonyl (C=O) groups is 3. The van der Waals surface area contributed by atoms with E-state index in [0.717, 1.165) is 32.9 Å². The van der Waals surface area contributed by atoms with Crippen LogP contribution in [0, 0.1) is 10.1 Å². The van der Waals surface area contributed by atoms with E-state index in [9.17, 15) is 60.2 Å². The smallest absolute Gasteiger partial charge is 0.269 e. The van der Waals surface area contributed by atoms with Crippen molar-refractivity contribution in [3.05, 3.63) is 34.4 Å². The van der Waals surface area contributed by atoms with E-state index < -0.39 is 134 Å². The molecular formula is C30H44N4O18. The van der Waals surface area contributed by atoms with E-state index in [-0.39, 0.29) is 11.4 Å². The predicted molar refractivity (Wildman–Crippen MR) is 168 cm³/mol. The third-order valence-corrected chi connectivity index (χ3v) is 8.56. The van der Waals surface area contributed by atoms with Gasteiger partial charge in [-0.2, -0.15) is 0 Å². The Balaban J connectivity index is 1.70. The van der Waals surface area contributed by atoms with Crippen LogP contribution in [0.15, 0.2) is 24.3 Å². The lowest BCUT2D eigenvalue weighted by Crippen LogP contribution is -2.70. The highest BCUT2D eigenvalue weighted by molar-refractivity contribution is 5.74. The average Bonchev–Trinajstić information content (AvgIpc) is 3.08. The number of nitro groups is 1. The van der Waals surface area contributed by atoms with Gasteiger partial charge in [-0.25, -0.2) is 0 Å². The Labute approximate surface area is 295 Å². The number of carbonyl (C=O) groups excluding carboxylic acids is 3. The fourth-order valence-corrected chi connectivity index (χ4v) is 6.03. The van der Waals surface area contributed by atoms with Gasteiger partial charge in [-0.05, 0) is 12.1 Å². The van der Waals surface area contributed by atoms with Crippen molar-refractivity contribution in [3.63, 3.8) is 0 Å². The molecule has 10 N–H and O–H groups in total. The van der Waals surface area contributed by atoms with E-state index in [1.54, 1.807) is 0 Å². The van der Waals surface area contributed by atoms with E-state index >= 15 is 0 Å². The summed E-state index contributed by atoms with van der Waals surface area (Å²) in [6.45, 7) is 1.17. The number of aliphatic hydroxyl groups excluding tert-OH is 7. The third kappa shape index (κ3) is 9.66. The van der Waals surface area contributed by atoms with Crippen molar-refractivity contribution < 1.29 is 83.5 Å². The van der Waals surface area contributed by atoms with Crippen molar-refractivity contribution >= 4 is 23.4 Å². The molecule has 22 heteroatoms. The van der Waals surface area contributed by atoms with Crippen LogP contribution in [-0.4, -0.2) is 170 Å². The number of nitrogens with zero attached hydrogens (tertiary/aromatic N) is 1. The standard InChI is InChI=1S/C30H44N4O18/c1-11(37)31-19-25(43)22(40)16(8-35)49-28(19)47-10-18-24(42)27(52-29-20(32-12(2)38)26(44)23(41)17(9-36)50-29)21(33-13(3)39)30(51-18)48-15-6-4-14(5-7-15)34(45)46/h4-7,16-30,35-36,40-44H,8-10H2,1-3H3,(H,31,37)(H,32,38)(H,33,39). The molecule has 3 saturated heterocycles. The van der Waals surface area contributed by atoms with Gasteiger partial charge in [0.25, 0.3) is 5.69 Å². The molecule has 15 atom stereocenters. The Hall–Kier alpha value is -3.65. The lowest BCUT2D eigenvalue weighted by Gasteiger charge is -2.48. The zero-order valence-electron chi connectivity index (χ0n) is 28.2. The molecule has 52 heavy (non-hydrogen) atoms. The topological polar surface area (TPSA) is 327 Å². The molecule has 3 heterocycles. The summed E-state index contributed by atoms with van der Waals surface area (Å²) in [5.74, 6) is -2.00. The molecule has 0 saturated carbocycles. The van der Waals surface area contributed by atoms with Gasteiger partial charge in [0, 0.05) is 32.9 Å². The number of nitro benzene ring substituents is 1. The van der Waals surface area contributed by atoms with Crippen molar-refractivity contribution in [3.8, 4) is 5.75 Å². The first-order valence-electron chi connectivity index (χ1n) is 16.1. The van der Waals surface area contributed by atoms with E-state index in [0.29, 0.717) is 0 Å². The van der Waals surface area contributed by atoms with E-state index in [2.05, 4.69) is 16.0 Å². The summed E-state index contributed by atoms with van der Waals surface area (Å²) in [5, 5.41) is 92.1. The summed E-state index contributed by atoms with van der Waals surface area (Å²) in [6.07, 6.45) is -19.3. The van der Waals surface area contributed by atoms with Gasteiger partial charge in [0.15, 0.2) is 12.6 Å². The van der Waals surface area contributed by atoms with Crippen LogP contribution in [0.5, 0.6) is 5.75 Å². The first-order valence-corrected chi connectivity index (χ1v) is 16.1. The number of amides is 3. The summed E-state index contributed by atoms with van der Waals surface area (Å²) in [7, 11) is 0. The lowest BCUT2D eigenvalue weighted by atomic mass is 9.94. The Kier molecular flexibility index (Phi) is 14.2. The Morgan fingerprint density at radius 1 is 0.692 bits per heavy atom. The van der Waals surface area contributed by atoms with Crippen molar-refractivity contribution in [2.24, 2.45) is 0 Å². The highest BCUT2D eigenvalue weighted by atomic mass is 16.7. The fourth-order valence-electron chi connectivity index (χ4n) is 6.03. The Morgan fingerprint density at radius 2 is 1.15 bits per heavy atom. The van der Waals surface area contributed by atoms with E-state index in [4.69, 9.17) is 28.4 Å². The van der Waals surface area contributed by atoms with Crippen LogP contribution in [0.3, 0.4) is 0 Å². The number of rotatable bonds is 13. The second-order valence-corrected chi connectivity index (χ2v) is 12.4. The SMILES string of the molecule is CC(=O)NC1C(OCC2OC(Oc3ccc([N+](=O)[O-])cc3)C(NC(C)=O)C(OC3OC(CO)C(O)C(O)C3NC(C)=O)C2O)OC(CO)C(O)C1O. The van der Waals surface area contributed by atoms with E-state index in [1.165, 1.54) is 12.1 Å². The zero-order chi connectivity index (χ0) is 38.4. The van der Waals surface area contributed by atoms with Gasteiger partial charge < -0.3 is 80.1 Å². The molecule has 0 aliphatic carbocycles. The maximum atomic E-state index is 12.5. The normalized spacial score (nSPS) is 37.8. The van der Waals surface area contributed by atoms with Gasteiger partial charge >= 0.3 is 0 Å². The minimum absolute atomic E-state index is 0.00563. The monoisotopic (exact) mass is 748 g/mol. The van der Waals surface area contributed by atoms with Crippen LogP contribution in [0.1, 0.15) is 20.8 Å². The van der Waals surface area contributed by atoms with Gasteiger partial charge in [-0.1, -0.05) is 0 Å². The van der Waals surface area contributed by atoms with Gasteiger partial charge in [0.2, 0.25) is 24.0 Å². The minimum Gasteiger partial charge on any atom is -0.463 e. The van der Waals surface area contributed by atoms with Crippen LogP contribution < -0.4 is 20.7 Å². The first-order chi connectivity index (χ1) is 24.6. The molecule has 3 fully saturated rings. The summed E-state index contributed by atoms with van der Waals surface area (Å²) < 4.78 is 35.2. The zero-order valence-corrected chi connectivity index (χ0v) is 28.2. The molecule has 0 aromatic heterocycles. The van der Waals surface area contributed by atoms with Gasteiger partial charge in [0.05, 0.1) is 24.7 Å². The summed E-state index contributed by atoms with van der Waals surface area (Å²) >= 11 is 0. The molecule has 3 amide bonds. The van der Waals surface area contributed by atoms with Crippen molar-refractivity contribution in [1.82, 2.24) is 16.0 Å². The number of hydrogen-bond acceptors (Lipinski definition) is 18. The van der Waals surface area contributed by atoms with Crippen molar-refractivity contribution in [2.45, 2.75) is 113 Å². The Morgan fingerprint density at radius 3 is 1.63 bits per heavy atom. The molecule has 4 rings (SSSR count). The molecular weight excluding hydrogens is 704 g/mol. The average molecular weight is 749 g/mol. The molecule has 1 aromatic rings. The number of ether oxygens (including phenoxy) is 6. The van der Waals surface area contributed by atoms with E-state index in [1.807, 2.05) is 0 Å². The second-order valence-electron chi connectivity index (χ2n) is 12.4. The quantitative estimate of drug-likeness (QED) is 0.0666. The minimum atomic E-state index is -1.81. The summed E-state index contributed by atoms with van der Waals surface area (Å²) in [6, 6.07) is 0.425. The lowest BCUT2D eigenvalue weighted by molar-refractivity contribution is -0.384. The fraction of sp³-hybridized carbons (Fsp3) is 0.700. The number of hydrogen-bond donors (Lipinski definition) is 10. The van der Waals surface area contributed by atoms with Crippen LogP contribution in [0.2, 0.25) is 0 Å². The third-order valence-electron chi connectivity index (χ3n) is 8.56. The first kappa shape index (κ1) is 41.1. The number of benzene rings is 1. The molecule has 0 radical (unpaired) electrons. The molecule has 0 spiro atoms. The number of nitrogens with one attached hydrogen (secondary N) is 3. The van der Waals surface area contributed by atoms with Crippen molar-refractivity contribution in [2.75, 3.05) is 19.8 Å². The van der Waals surface area contributed by atoms with Crippen LogP contribution in [-0.2, 0) is 38.1 Å². The number of non-ortho nitro benzene ring substituents is 1. The molecule has 292 valence electrons. The molecule has 3 aliphatic rings. The summed E-state index contributed by atoms with van der Waals surface area (Å²) in [4.78, 5) is 47.0. The maximum absolute atomic E-state index is 12.5. The summed E-state index contributed by atoms with van der Waals surface area (Å²) in [5.41, 5.74) is -0.273.